The third-order valence-electron chi connectivity index (χ3n) is 4.64. The molecule has 0 bridgehead atoms. The van der Waals surface area contributed by atoms with E-state index in [9.17, 15) is 13.2 Å². The Kier molecular flexibility index (Phi) is 4.77. The monoisotopic (exact) mass is 417 g/mol. The molecule has 1 saturated heterocycles. The Morgan fingerprint density at radius 3 is 2.57 bits per heavy atom. The second kappa shape index (κ2) is 7.12. The zero-order valence-electron chi connectivity index (χ0n) is 15.4. The van der Waals surface area contributed by atoms with Crippen LogP contribution < -0.4 is 10.2 Å². The van der Waals surface area contributed by atoms with Crippen LogP contribution in [0, 0.1) is 0 Å². The average molecular weight is 418 g/mol. The molecule has 1 fully saturated rings. The van der Waals surface area contributed by atoms with Crippen LogP contribution >= 0.6 is 11.3 Å². The number of amides is 1. The molecule has 1 aromatic carbocycles. The Morgan fingerprint density at radius 1 is 1.18 bits per heavy atom. The summed E-state index contributed by atoms with van der Waals surface area (Å²) >= 11 is 1.60. The number of aromatic nitrogens is 2. The van der Waals surface area contributed by atoms with Gasteiger partial charge in [-0.25, -0.2) is 22.7 Å². The summed E-state index contributed by atoms with van der Waals surface area (Å²) in [7, 11) is -0.559. The van der Waals surface area contributed by atoms with Crippen molar-refractivity contribution in [2.24, 2.45) is 0 Å². The molecule has 1 aliphatic heterocycles. The predicted molar refractivity (Wildman–Crippen MR) is 108 cm³/mol. The highest BCUT2D eigenvalue weighted by molar-refractivity contribution is 7.89. The van der Waals surface area contributed by atoms with Gasteiger partial charge in [-0.2, -0.15) is 0 Å². The molecule has 10 heteroatoms. The Hall–Kier alpha value is -2.56. The molecule has 2 aromatic heterocycles. The molecule has 0 spiro atoms. The first kappa shape index (κ1) is 18.8. The molecule has 3 aromatic rings. The maximum absolute atomic E-state index is 12.4. The summed E-state index contributed by atoms with van der Waals surface area (Å²) in [6.45, 7) is 1.34. The van der Waals surface area contributed by atoms with Crippen LogP contribution in [0.3, 0.4) is 0 Å². The molecule has 0 radical (unpaired) electrons. The van der Waals surface area contributed by atoms with Crippen molar-refractivity contribution < 1.29 is 13.2 Å². The molecule has 4 rings (SSSR count). The van der Waals surface area contributed by atoms with Crippen molar-refractivity contribution in [3.63, 3.8) is 0 Å². The fraction of sp³-hybridized carbons (Fsp3) is 0.278. The maximum Gasteiger partial charge on any atom is 0.251 e. The van der Waals surface area contributed by atoms with E-state index in [0.29, 0.717) is 18.7 Å². The highest BCUT2D eigenvalue weighted by atomic mass is 32.2. The van der Waals surface area contributed by atoms with Crippen molar-refractivity contribution in [1.29, 1.82) is 0 Å². The summed E-state index contributed by atoms with van der Waals surface area (Å²) in [6, 6.07) is 7.94. The fourth-order valence-corrected chi connectivity index (χ4v) is 4.77. The highest BCUT2D eigenvalue weighted by Gasteiger charge is 2.30. The van der Waals surface area contributed by atoms with Crippen molar-refractivity contribution in [3.8, 4) is 0 Å². The van der Waals surface area contributed by atoms with Gasteiger partial charge >= 0.3 is 0 Å². The van der Waals surface area contributed by atoms with E-state index in [0.717, 1.165) is 20.3 Å². The summed E-state index contributed by atoms with van der Waals surface area (Å²) < 4.78 is 26.4. The summed E-state index contributed by atoms with van der Waals surface area (Å²) in [5.41, 5.74) is 1.36. The van der Waals surface area contributed by atoms with Gasteiger partial charge in [0.15, 0.2) is 0 Å². The van der Waals surface area contributed by atoms with E-state index < -0.39 is 10.0 Å². The van der Waals surface area contributed by atoms with Gasteiger partial charge in [0.1, 0.15) is 12.1 Å². The lowest BCUT2D eigenvalue weighted by Crippen LogP contribution is -2.59. The van der Waals surface area contributed by atoms with E-state index in [-0.39, 0.29) is 16.8 Å². The van der Waals surface area contributed by atoms with Crippen LogP contribution in [-0.2, 0) is 10.0 Å². The quantitative estimate of drug-likeness (QED) is 0.677. The minimum absolute atomic E-state index is 0.0164. The van der Waals surface area contributed by atoms with Gasteiger partial charge in [0.05, 0.1) is 21.2 Å². The van der Waals surface area contributed by atoms with Gasteiger partial charge in [0.25, 0.3) is 5.91 Å². The highest BCUT2D eigenvalue weighted by Crippen LogP contribution is 2.30. The number of carbonyl (C=O) groups is 1. The third kappa shape index (κ3) is 3.34. The molecular formula is C18H19N5O3S2. The molecule has 0 saturated carbocycles. The molecule has 0 atom stereocenters. The van der Waals surface area contributed by atoms with E-state index >= 15 is 0 Å². The SMILES string of the molecule is CN(C)S(=O)(=O)c1ccc(C(=O)NC2CN(c3ncnc4ccsc34)C2)cc1. The summed E-state index contributed by atoms with van der Waals surface area (Å²) in [5, 5.41) is 4.96. The zero-order chi connectivity index (χ0) is 19.9. The molecule has 1 N–H and O–H groups in total. The third-order valence-corrected chi connectivity index (χ3v) is 7.36. The molecule has 0 aliphatic carbocycles. The van der Waals surface area contributed by atoms with Gasteiger partial charge in [-0.15, -0.1) is 11.3 Å². The average Bonchev–Trinajstić information content (AvgIpc) is 3.13. The number of thiophene rings is 1. The topological polar surface area (TPSA) is 95.5 Å². The van der Waals surface area contributed by atoms with Gasteiger partial charge in [-0.3, -0.25) is 4.79 Å². The van der Waals surface area contributed by atoms with Crippen LogP contribution in [0.15, 0.2) is 46.9 Å². The van der Waals surface area contributed by atoms with Gasteiger partial charge < -0.3 is 10.2 Å². The van der Waals surface area contributed by atoms with Crippen molar-refractivity contribution in [2.75, 3.05) is 32.1 Å². The summed E-state index contributed by atoms with van der Waals surface area (Å²) in [6.07, 6.45) is 1.56. The Bertz CT molecular complexity index is 1120. The second-order valence-electron chi connectivity index (χ2n) is 6.72. The normalized spacial score (nSPS) is 15.0. The standard InChI is InChI=1S/C18H19N5O3S2/c1-22(2)28(25,26)14-5-3-12(4-6-14)18(24)21-13-9-23(10-13)17-16-15(7-8-27-16)19-11-20-17/h3-8,11,13H,9-10H2,1-2H3,(H,21,24). The lowest BCUT2D eigenvalue weighted by atomic mass is 10.1. The number of fused-ring (bicyclic) bond motifs is 1. The largest absolute Gasteiger partial charge is 0.351 e. The van der Waals surface area contributed by atoms with Gasteiger partial charge in [0, 0.05) is 32.7 Å². The minimum atomic E-state index is -3.50. The number of carbonyl (C=O) groups excluding carboxylic acids is 1. The first-order valence-electron chi connectivity index (χ1n) is 8.63. The number of nitrogens with one attached hydrogen (secondary N) is 1. The second-order valence-corrected chi connectivity index (χ2v) is 9.79. The maximum atomic E-state index is 12.4. The van der Waals surface area contributed by atoms with Gasteiger partial charge in [-0.05, 0) is 35.7 Å². The van der Waals surface area contributed by atoms with E-state index in [1.165, 1.54) is 38.4 Å². The molecule has 8 nitrogen and oxygen atoms in total. The Labute approximate surface area is 166 Å². The number of anilines is 1. The molecular weight excluding hydrogens is 398 g/mol. The van der Waals surface area contributed by atoms with Crippen molar-refractivity contribution >= 4 is 43.3 Å². The lowest BCUT2D eigenvalue weighted by molar-refractivity contribution is 0.0930. The Balaban J connectivity index is 1.39. The van der Waals surface area contributed by atoms with Crippen molar-refractivity contribution in [2.45, 2.75) is 10.9 Å². The Morgan fingerprint density at radius 2 is 1.89 bits per heavy atom. The summed E-state index contributed by atoms with van der Waals surface area (Å²) in [4.78, 5) is 23.3. The lowest BCUT2D eigenvalue weighted by Gasteiger charge is -2.40. The minimum Gasteiger partial charge on any atom is -0.351 e. The first-order chi connectivity index (χ1) is 13.4. The van der Waals surface area contributed by atoms with E-state index in [4.69, 9.17) is 0 Å². The molecule has 28 heavy (non-hydrogen) atoms. The van der Waals surface area contributed by atoms with E-state index in [1.54, 1.807) is 17.7 Å². The van der Waals surface area contributed by atoms with Crippen molar-refractivity contribution in [1.82, 2.24) is 19.6 Å². The number of sulfonamides is 1. The number of benzene rings is 1. The smallest absolute Gasteiger partial charge is 0.251 e. The van der Waals surface area contributed by atoms with E-state index in [2.05, 4.69) is 20.2 Å². The molecule has 1 amide bonds. The van der Waals surface area contributed by atoms with Crippen LogP contribution in [0.4, 0.5) is 5.82 Å². The first-order valence-corrected chi connectivity index (χ1v) is 10.9. The van der Waals surface area contributed by atoms with Crippen LogP contribution in [0.2, 0.25) is 0 Å². The molecule has 146 valence electrons. The predicted octanol–water partition coefficient (Wildman–Crippen LogP) is 1.56. The molecule has 0 unspecified atom stereocenters. The molecule has 3 heterocycles. The molecule has 1 aliphatic rings. The van der Waals surface area contributed by atoms with Crippen molar-refractivity contribution in [3.05, 3.63) is 47.6 Å². The fourth-order valence-electron chi connectivity index (χ4n) is 3.00. The van der Waals surface area contributed by atoms with Crippen LogP contribution in [0.25, 0.3) is 10.2 Å². The zero-order valence-corrected chi connectivity index (χ0v) is 17.0. The van der Waals surface area contributed by atoms with E-state index in [1.807, 2.05) is 11.4 Å². The van der Waals surface area contributed by atoms with Crippen LogP contribution in [0.1, 0.15) is 10.4 Å². The van der Waals surface area contributed by atoms with Crippen LogP contribution in [-0.4, -0.2) is 61.8 Å². The van der Waals surface area contributed by atoms with Crippen LogP contribution in [0.5, 0.6) is 0 Å². The number of rotatable bonds is 5. The number of hydrogen-bond donors (Lipinski definition) is 1. The van der Waals surface area contributed by atoms with Gasteiger partial charge in [0.2, 0.25) is 10.0 Å². The van der Waals surface area contributed by atoms with Gasteiger partial charge in [-0.1, -0.05) is 0 Å². The summed E-state index contributed by atoms with van der Waals surface area (Å²) in [5.74, 6) is 0.672. The number of nitrogens with zero attached hydrogens (tertiary/aromatic N) is 4. The number of hydrogen-bond acceptors (Lipinski definition) is 7.